The minimum atomic E-state index is -4.73. The Labute approximate surface area is 296 Å². The molecule has 11 nitrogen and oxygen atoms in total. The van der Waals surface area contributed by atoms with Crippen molar-refractivity contribution in [2.24, 2.45) is 0 Å². The van der Waals surface area contributed by atoms with Gasteiger partial charge in [-0.25, -0.2) is 9.36 Å². The van der Waals surface area contributed by atoms with Crippen LogP contribution in [0, 0.1) is 0 Å². The van der Waals surface area contributed by atoms with Crippen LogP contribution in [-0.2, 0) is 32.7 Å². The van der Waals surface area contributed by atoms with E-state index in [1.807, 2.05) is 6.92 Å². The number of unbranched alkanes of at least 4 members (excludes halogenated alkanes) is 17. The summed E-state index contributed by atoms with van der Waals surface area (Å²) in [5.74, 6) is -2.41. The third-order valence-electron chi connectivity index (χ3n) is 7.99. The number of carbonyl (C=O) groups excluding carboxylic acids is 2. The maximum atomic E-state index is 12.2. The van der Waals surface area contributed by atoms with E-state index in [9.17, 15) is 34.1 Å². The summed E-state index contributed by atoms with van der Waals surface area (Å²) in [5.41, 5.74) is 0. The Morgan fingerprint density at radius 1 is 0.653 bits per heavy atom. The molecule has 0 aliphatic rings. The minimum absolute atomic E-state index is 0.146. The van der Waals surface area contributed by atoms with Gasteiger partial charge in [0.25, 0.3) is 0 Å². The Balaban J connectivity index is 3.79. The van der Waals surface area contributed by atoms with Gasteiger partial charge in [0.1, 0.15) is 12.7 Å². The van der Waals surface area contributed by atoms with Crippen molar-refractivity contribution >= 4 is 25.7 Å². The first-order chi connectivity index (χ1) is 23.6. The molecule has 0 heterocycles. The molecule has 0 aromatic rings. The number of hydrogen-bond donors (Lipinski definition) is 4. The molecule has 0 aliphatic carbocycles. The molecular formula is C37H68NO10P. The molecule has 0 rings (SSSR count). The van der Waals surface area contributed by atoms with Gasteiger partial charge in [-0.15, -0.1) is 0 Å². The molecule has 4 N–H and O–H groups in total. The van der Waals surface area contributed by atoms with Gasteiger partial charge in [0, 0.05) is 12.8 Å². The number of aliphatic hydroxyl groups is 1. The number of aliphatic carboxylic acids is 1. The van der Waals surface area contributed by atoms with Crippen LogP contribution < -0.4 is 5.32 Å². The average Bonchev–Trinajstić information content (AvgIpc) is 3.07. The van der Waals surface area contributed by atoms with Crippen LogP contribution in [0.4, 0.5) is 0 Å². The van der Waals surface area contributed by atoms with Gasteiger partial charge in [-0.05, 0) is 44.9 Å². The van der Waals surface area contributed by atoms with Crippen molar-refractivity contribution in [3.63, 3.8) is 0 Å². The number of allylic oxidation sites excluding steroid dienone is 4. The summed E-state index contributed by atoms with van der Waals surface area (Å²) < 4.78 is 26.3. The quantitative estimate of drug-likeness (QED) is 0.0215. The van der Waals surface area contributed by atoms with E-state index in [2.05, 4.69) is 41.1 Å². The first kappa shape index (κ1) is 47.0. The molecule has 0 saturated heterocycles. The number of phosphoric ester groups is 1. The number of carbonyl (C=O) groups is 3. The van der Waals surface area contributed by atoms with E-state index >= 15 is 0 Å². The Morgan fingerprint density at radius 3 is 1.67 bits per heavy atom. The van der Waals surface area contributed by atoms with Crippen molar-refractivity contribution in [2.45, 2.75) is 174 Å². The number of nitrogens with one attached hydrogen (secondary N) is 1. The molecule has 0 saturated carbocycles. The summed E-state index contributed by atoms with van der Waals surface area (Å²) in [6.45, 7) is 2.26. The van der Waals surface area contributed by atoms with E-state index in [1.54, 1.807) is 0 Å². The summed E-state index contributed by atoms with van der Waals surface area (Å²) in [6, 6.07) is -1.54. The van der Waals surface area contributed by atoms with Gasteiger partial charge >= 0.3 is 19.8 Å². The van der Waals surface area contributed by atoms with Gasteiger partial charge in [0.05, 0.1) is 13.2 Å². The maximum absolute atomic E-state index is 12.2. The second-order valence-electron chi connectivity index (χ2n) is 12.8. The molecule has 0 aromatic heterocycles. The molecule has 0 bridgehead atoms. The SMILES string of the molecule is CCCCC/C=C\C/C=C\CCCCCCCCCCCCCCCC(=O)NC(COP(=O)(O)OCC(O)COC(=O)CCCC)C(=O)O. The predicted molar refractivity (Wildman–Crippen MR) is 194 cm³/mol. The van der Waals surface area contributed by atoms with Gasteiger partial charge < -0.3 is 25.2 Å². The fourth-order valence-corrected chi connectivity index (χ4v) is 5.74. The zero-order valence-corrected chi connectivity index (χ0v) is 31.4. The maximum Gasteiger partial charge on any atom is 0.472 e. The smallest absolute Gasteiger partial charge is 0.472 e. The van der Waals surface area contributed by atoms with Crippen LogP contribution in [0.2, 0.25) is 0 Å². The highest BCUT2D eigenvalue weighted by atomic mass is 31.2. The van der Waals surface area contributed by atoms with Gasteiger partial charge in [-0.3, -0.25) is 18.6 Å². The molecule has 286 valence electrons. The molecule has 0 aromatic carbocycles. The summed E-state index contributed by atoms with van der Waals surface area (Å²) in [7, 11) is -4.73. The molecule has 0 spiro atoms. The monoisotopic (exact) mass is 717 g/mol. The number of amides is 1. The van der Waals surface area contributed by atoms with Crippen LogP contribution >= 0.6 is 7.82 Å². The van der Waals surface area contributed by atoms with Crippen molar-refractivity contribution < 1.29 is 47.8 Å². The third kappa shape index (κ3) is 32.9. The molecule has 0 radical (unpaired) electrons. The molecule has 12 heteroatoms. The van der Waals surface area contributed by atoms with Crippen molar-refractivity contribution in [2.75, 3.05) is 19.8 Å². The van der Waals surface area contributed by atoms with E-state index in [4.69, 9.17) is 9.26 Å². The minimum Gasteiger partial charge on any atom is -0.480 e. The van der Waals surface area contributed by atoms with E-state index < -0.39 is 57.6 Å². The number of carboxylic acids is 1. The van der Waals surface area contributed by atoms with Crippen LogP contribution in [0.1, 0.15) is 162 Å². The van der Waals surface area contributed by atoms with E-state index in [1.165, 1.54) is 89.9 Å². The predicted octanol–water partition coefficient (Wildman–Crippen LogP) is 8.72. The highest BCUT2D eigenvalue weighted by Crippen LogP contribution is 2.43. The Bertz CT molecular complexity index is 942. The highest BCUT2D eigenvalue weighted by molar-refractivity contribution is 7.47. The summed E-state index contributed by atoms with van der Waals surface area (Å²) in [4.78, 5) is 45.0. The first-order valence-corrected chi connectivity index (χ1v) is 20.4. The molecule has 3 unspecified atom stereocenters. The van der Waals surface area contributed by atoms with Gasteiger partial charge in [0.15, 0.2) is 6.04 Å². The topological polar surface area (TPSA) is 169 Å². The molecule has 49 heavy (non-hydrogen) atoms. The first-order valence-electron chi connectivity index (χ1n) is 18.9. The lowest BCUT2D eigenvalue weighted by Gasteiger charge is -2.18. The zero-order valence-electron chi connectivity index (χ0n) is 30.5. The van der Waals surface area contributed by atoms with Crippen LogP contribution in [0.15, 0.2) is 24.3 Å². The summed E-state index contributed by atoms with van der Waals surface area (Å²) >= 11 is 0. The van der Waals surface area contributed by atoms with Crippen molar-refractivity contribution in [3.8, 4) is 0 Å². The van der Waals surface area contributed by atoms with Crippen LogP contribution in [-0.4, -0.2) is 64.9 Å². The second-order valence-corrected chi connectivity index (χ2v) is 14.2. The Morgan fingerprint density at radius 2 is 1.14 bits per heavy atom. The molecular weight excluding hydrogens is 649 g/mol. The standard InChI is InChI=1S/C37H68NO10P/c1-3-5-7-8-9-10-11-12-13-14-15-16-17-18-19-20-21-22-23-24-25-26-27-28-35(40)38-34(37(42)43)32-48-49(44,45)47-31-33(39)30-46-36(41)29-6-4-2/h9-10,12-13,33-34,39H,3-8,11,14-32H2,1-2H3,(H,38,40)(H,42,43)(H,44,45)/b10-9-,13-12-. The number of aliphatic hydroxyl groups excluding tert-OH is 1. The normalized spacial score (nSPS) is 14.2. The molecule has 3 atom stereocenters. The Hall–Kier alpha value is -2.04. The van der Waals surface area contributed by atoms with Crippen LogP contribution in [0.5, 0.6) is 0 Å². The lowest BCUT2D eigenvalue weighted by Crippen LogP contribution is -2.43. The fraction of sp³-hybridized carbons (Fsp3) is 0.811. The highest BCUT2D eigenvalue weighted by Gasteiger charge is 2.28. The number of ether oxygens (including phenoxy) is 1. The van der Waals surface area contributed by atoms with Crippen LogP contribution in [0.25, 0.3) is 0 Å². The van der Waals surface area contributed by atoms with Gasteiger partial charge in [-0.2, -0.15) is 0 Å². The van der Waals surface area contributed by atoms with E-state index in [0.29, 0.717) is 12.8 Å². The van der Waals surface area contributed by atoms with E-state index in [0.717, 1.165) is 32.1 Å². The van der Waals surface area contributed by atoms with Crippen molar-refractivity contribution in [3.05, 3.63) is 24.3 Å². The largest absolute Gasteiger partial charge is 0.480 e. The average molecular weight is 718 g/mol. The lowest BCUT2D eigenvalue weighted by atomic mass is 10.0. The summed E-state index contributed by atoms with van der Waals surface area (Å²) in [6.07, 6.45) is 32.1. The van der Waals surface area contributed by atoms with Gasteiger partial charge in [0.2, 0.25) is 5.91 Å². The van der Waals surface area contributed by atoms with Crippen molar-refractivity contribution in [1.82, 2.24) is 5.32 Å². The number of phosphoric acid groups is 1. The second kappa shape index (κ2) is 33.1. The van der Waals surface area contributed by atoms with Gasteiger partial charge in [-0.1, -0.05) is 128 Å². The number of carboxylic acid groups (broad SMARTS) is 1. The van der Waals surface area contributed by atoms with E-state index in [-0.39, 0.29) is 12.8 Å². The molecule has 1 amide bonds. The Kier molecular flexibility index (Phi) is 31.7. The summed E-state index contributed by atoms with van der Waals surface area (Å²) in [5, 5.41) is 21.5. The molecule has 0 aliphatic heterocycles. The third-order valence-corrected chi connectivity index (χ3v) is 8.94. The molecule has 0 fully saturated rings. The fourth-order valence-electron chi connectivity index (χ4n) is 4.97. The van der Waals surface area contributed by atoms with Crippen molar-refractivity contribution in [1.29, 1.82) is 0 Å². The number of hydrogen-bond acceptors (Lipinski definition) is 8. The lowest BCUT2D eigenvalue weighted by molar-refractivity contribution is -0.147. The van der Waals surface area contributed by atoms with Crippen LogP contribution in [0.3, 0.4) is 0 Å². The number of esters is 1. The number of rotatable bonds is 35. The zero-order chi connectivity index (χ0) is 36.4.